The number of fused-ring (bicyclic) bond motifs is 4. The predicted molar refractivity (Wildman–Crippen MR) is 131 cm³/mol. The minimum Gasteiger partial charge on any atom is -0.134 e. The predicted octanol–water partition coefficient (Wildman–Crippen LogP) is 9.30. The van der Waals surface area contributed by atoms with Crippen molar-refractivity contribution < 1.29 is 0 Å². The molecule has 0 bridgehead atoms. The van der Waals surface area contributed by atoms with Gasteiger partial charge in [-0.3, -0.25) is 0 Å². The normalized spacial score (nSPS) is 11.4. The smallest absolute Gasteiger partial charge is 0.0455 e. The quantitative estimate of drug-likeness (QED) is 0.277. The van der Waals surface area contributed by atoms with Gasteiger partial charge in [-0.2, -0.15) is 0 Å². The van der Waals surface area contributed by atoms with Crippen LogP contribution in [-0.2, 0) is 0 Å². The lowest BCUT2D eigenvalue weighted by Crippen LogP contribution is -1.79. The van der Waals surface area contributed by atoms with Crippen LogP contribution in [0.3, 0.4) is 0 Å². The van der Waals surface area contributed by atoms with Crippen molar-refractivity contribution in [2.75, 3.05) is 0 Å². The first-order chi connectivity index (χ1) is 13.7. The first-order valence-corrected chi connectivity index (χ1v) is 11.5. The zero-order valence-electron chi connectivity index (χ0n) is 16.7. The lowest BCUT2D eigenvalue weighted by Gasteiger charge is -2.01. The third-order valence-corrected chi connectivity index (χ3v) is 7.36. The molecule has 0 nitrogen and oxygen atoms in total. The summed E-state index contributed by atoms with van der Waals surface area (Å²) in [6.07, 6.45) is 4.36. The van der Waals surface area contributed by atoms with Crippen molar-refractivity contribution in [1.82, 2.24) is 0 Å². The van der Waals surface area contributed by atoms with Gasteiger partial charge in [0.1, 0.15) is 0 Å². The van der Waals surface area contributed by atoms with Gasteiger partial charge in [0.15, 0.2) is 0 Å². The average molecular weight is 401 g/mol. The van der Waals surface area contributed by atoms with Gasteiger partial charge in [0.2, 0.25) is 0 Å². The van der Waals surface area contributed by atoms with Crippen LogP contribution in [-0.4, -0.2) is 0 Å². The number of thiophene rings is 2. The van der Waals surface area contributed by atoms with Crippen LogP contribution in [0.2, 0.25) is 0 Å². The van der Waals surface area contributed by atoms with E-state index in [4.69, 9.17) is 0 Å². The minimum absolute atomic E-state index is 1.31. The van der Waals surface area contributed by atoms with E-state index in [1.165, 1.54) is 51.8 Å². The van der Waals surface area contributed by atoms with Crippen LogP contribution in [0.1, 0.15) is 31.9 Å². The lowest BCUT2D eigenvalue weighted by atomic mass is 10.0. The fraction of sp³-hybridized carbons (Fsp3) is 0.154. The molecule has 5 aromatic rings. The van der Waals surface area contributed by atoms with Crippen molar-refractivity contribution in [3.8, 4) is 9.75 Å². The molecule has 5 rings (SSSR count). The Hall–Kier alpha value is -2.42. The number of benzene rings is 3. The molecule has 0 N–H and O–H groups in total. The summed E-state index contributed by atoms with van der Waals surface area (Å²) >= 11 is 3.79. The molecular weight excluding hydrogens is 376 g/mol. The highest BCUT2D eigenvalue weighted by Crippen LogP contribution is 2.42. The Labute approximate surface area is 174 Å². The monoisotopic (exact) mass is 400 g/mol. The molecule has 0 fully saturated rings. The molecule has 2 heteroatoms. The third-order valence-electron chi connectivity index (χ3n) is 4.96. The number of hydrogen-bond acceptors (Lipinski definition) is 2. The Balaban J connectivity index is 0.000000932. The van der Waals surface area contributed by atoms with E-state index in [2.05, 4.69) is 86.7 Å². The summed E-state index contributed by atoms with van der Waals surface area (Å²) < 4.78 is 2.72. The Morgan fingerprint density at radius 3 is 2.11 bits per heavy atom. The second-order valence-corrected chi connectivity index (χ2v) is 8.80. The highest BCUT2D eigenvalue weighted by Gasteiger charge is 2.12. The molecule has 0 radical (unpaired) electrons. The van der Waals surface area contributed by atoms with Crippen molar-refractivity contribution in [2.45, 2.75) is 27.7 Å². The second kappa shape index (κ2) is 7.90. The van der Waals surface area contributed by atoms with E-state index in [1.54, 1.807) is 0 Å². The van der Waals surface area contributed by atoms with Crippen LogP contribution in [0.5, 0.6) is 0 Å². The van der Waals surface area contributed by atoms with Crippen LogP contribution >= 0.6 is 22.7 Å². The summed E-state index contributed by atoms with van der Waals surface area (Å²) in [6.45, 7) is 8.28. The fourth-order valence-electron chi connectivity index (χ4n) is 3.67. The molecule has 0 saturated heterocycles. The molecule has 0 aliphatic rings. The molecule has 0 saturated carbocycles. The van der Waals surface area contributed by atoms with Crippen LogP contribution in [0.25, 0.3) is 46.8 Å². The molecule has 0 atom stereocenters. The van der Waals surface area contributed by atoms with Gasteiger partial charge in [0.05, 0.1) is 0 Å². The first kappa shape index (κ1) is 18.9. The van der Waals surface area contributed by atoms with Gasteiger partial charge in [-0.1, -0.05) is 62.4 Å². The number of aryl methyl sites for hydroxylation is 1. The molecule has 140 valence electrons. The van der Waals surface area contributed by atoms with Crippen LogP contribution in [0.4, 0.5) is 0 Å². The highest BCUT2D eigenvalue weighted by atomic mass is 32.1. The van der Waals surface area contributed by atoms with Crippen molar-refractivity contribution in [3.05, 3.63) is 77.9 Å². The van der Waals surface area contributed by atoms with Gasteiger partial charge in [-0.15, -0.1) is 22.7 Å². The molecular formula is C26H24S2. The van der Waals surface area contributed by atoms with Crippen molar-refractivity contribution in [2.24, 2.45) is 0 Å². The van der Waals surface area contributed by atoms with E-state index >= 15 is 0 Å². The largest absolute Gasteiger partial charge is 0.134 e. The maximum Gasteiger partial charge on any atom is 0.0455 e. The molecule has 0 amide bonds. The topological polar surface area (TPSA) is 0 Å². The van der Waals surface area contributed by atoms with Crippen molar-refractivity contribution >= 4 is 59.7 Å². The Bertz CT molecular complexity index is 1300. The van der Waals surface area contributed by atoms with Gasteiger partial charge in [-0.25, -0.2) is 0 Å². The van der Waals surface area contributed by atoms with Crippen LogP contribution < -0.4 is 0 Å². The third kappa shape index (κ3) is 3.17. The van der Waals surface area contributed by atoms with Crippen molar-refractivity contribution in [3.63, 3.8) is 0 Å². The molecule has 0 aliphatic heterocycles. The molecule has 0 aliphatic carbocycles. The SMILES string of the molecule is C/C=C\c1c(C)ccc2sc(-c3cc4c(ccc5ccccc54)s3)cc12.CC. The summed E-state index contributed by atoms with van der Waals surface area (Å²) in [5, 5.41) is 5.39. The Kier molecular flexibility index (Phi) is 5.34. The van der Waals surface area contributed by atoms with Crippen molar-refractivity contribution in [1.29, 1.82) is 0 Å². The van der Waals surface area contributed by atoms with E-state index in [1.807, 2.05) is 36.5 Å². The zero-order valence-corrected chi connectivity index (χ0v) is 18.4. The lowest BCUT2D eigenvalue weighted by molar-refractivity contribution is 1.48. The molecule has 3 aromatic carbocycles. The standard InChI is InChI=1S/C24H18S2.C2H6/c1-3-6-17-15(2)9-11-21-19(17)13-23(25-21)24-14-20-18-8-5-4-7-16(18)10-12-22(20)26-24;1-2/h3-14H,1-2H3;1-2H3/b6-3-;. The second-order valence-electron chi connectivity index (χ2n) is 6.63. The average Bonchev–Trinajstić information content (AvgIpc) is 3.36. The van der Waals surface area contributed by atoms with Gasteiger partial charge in [0.25, 0.3) is 0 Å². The summed E-state index contributed by atoms with van der Waals surface area (Å²) in [5.74, 6) is 0. The summed E-state index contributed by atoms with van der Waals surface area (Å²) in [7, 11) is 0. The minimum atomic E-state index is 1.31. The van der Waals surface area contributed by atoms with E-state index < -0.39 is 0 Å². The molecule has 0 unspecified atom stereocenters. The van der Waals surface area contributed by atoms with Crippen LogP contribution in [0, 0.1) is 6.92 Å². The Morgan fingerprint density at radius 1 is 0.714 bits per heavy atom. The van der Waals surface area contributed by atoms with E-state index in [9.17, 15) is 0 Å². The summed E-state index contributed by atoms with van der Waals surface area (Å²) in [6, 6.07) is 22.4. The van der Waals surface area contributed by atoms with Gasteiger partial charge in [-0.05, 0) is 60.0 Å². The number of hydrogen-bond donors (Lipinski definition) is 0. The summed E-state index contributed by atoms with van der Waals surface area (Å²) in [4.78, 5) is 2.73. The van der Waals surface area contributed by atoms with Gasteiger partial charge >= 0.3 is 0 Å². The maximum atomic E-state index is 2.37. The van der Waals surface area contributed by atoms with Gasteiger partial charge in [0, 0.05) is 29.9 Å². The molecule has 2 aromatic heterocycles. The molecule has 2 heterocycles. The van der Waals surface area contributed by atoms with E-state index in [0.717, 1.165) is 0 Å². The molecule has 0 spiro atoms. The number of rotatable bonds is 2. The van der Waals surface area contributed by atoms with Gasteiger partial charge < -0.3 is 0 Å². The van der Waals surface area contributed by atoms with E-state index in [0.29, 0.717) is 0 Å². The van der Waals surface area contributed by atoms with Crippen LogP contribution in [0.15, 0.2) is 66.7 Å². The number of allylic oxidation sites excluding steroid dienone is 1. The fourth-order valence-corrected chi connectivity index (χ4v) is 5.89. The Morgan fingerprint density at radius 2 is 1.36 bits per heavy atom. The van der Waals surface area contributed by atoms with E-state index in [-0.39, 0.29) is 0 Å². The highest BCUT2D eigenvalue weighted by molar-refractivity contribution is 7.28. The summed E-state index contributed by atoms with van der Waals surface area (Å²) in [5.41, 5.74) is 2.68. The maximum absolute atomic E-state index is 2.37. The molecule has 28 heavy (non-hydrogen) atoms. The first-order valence-electron chi connectivity index (χ1n) is 9.82. The zero-order chi connectivity index (χ0) is 19.7.